The molecule has 0 aliphatic heterocycles. The molecule has 0 aliphatic rings. The number of hydrogen-bond acceptors (Lipinski definition) is 3. The highest BCUT2D eigenvalue weighted by Gasteiger charge is 2.13. The molecule has 30 heavy (non-hydrogen) atoms. The number of aryl methyl sites for hydroxylation is 2. The van der Waals surface area contributed by atoms with Gasteiger partial charge in [-0.25, -0.2) is 0 Å². The van der Waals surface area contributed by atoms with Crippen molar-refractivity contribution >= 4 is 29.3 Å². The summed E-state index contributed by atoms with van der Waals surface area (Å²) in [6.45, 7) is 4.13. The number of para-hydroxylation sites is 1. The molecule has 3 aromatic carbocycles. The van der Waals surface area contributed by atoms with E-state index in [1.165, 1.54) is 6.08 Å². The van der Waals surface area contributed by atoms with E-state index >= 15 is 0 Å². The third kappa shape index (κ3) is 5.28. The third-order valence-electron chi connectivity index (χ3n) is 4.57. The second kappa shape index (κ2) is 9.78. The Morgan fingerprint density at radius 2 is 1.83 bits per heavy atom. The summed E-state index contributed by atoms with van der Waals surface area (Å²) in [5.74, 6) is 0.0943. The molecule has 1 N–H and O–H groups in total. The first-order chi connectivity index (χ1) is 14.5. The Bertz CT molecular complexity index is 1150. The largest absolute Gasteiger partial charge is 0.488 e. The number of carbonyl (C=O) groups is 1. The number of benzene rings is 3. The summed E-state index contributed by atoms with van der Waals surface area (Å²) in [4.78, 5) is 12.7. The maximum Gasteiger partial charge on any atom is 0.266 e. The lowest BCUT2D eigenvalue weighted by Gasteiger charge is -2.11. The number of carbonyl (C=O) groups excluding carboxylic acids is 1. The van der Waals surface area contributed by atoms with Crippen molar-refractivity contribution in [3.63, 3.8) is 0 Å². The SMILES string of the molecule is Cc1ccc(C)c(NC(=O)C(C#N)=Cc2ccccc2OCc2ccccc2Cl)c1. The van der Waals surface area contributed by atoms with Crippen LogP contribution in [0, 0.1) is 25.2 Å². The van der Waals surface area contributed by atoms with Gasteiger partial charge in [0.2, 0.25) is 0 Å². The van der Waals surface area contributed by atoms with Gasteiger partial charge in [0.15, 0.2) is 0 Å². The van der Waals surface area contributed by atoms with Crippen molar-refractivity contribution in [2.24, 2.45) is 0 Å². The quantitative estimate of drug-likeness (QED) is 0.391. The molecule has 0 aromatic heterocycles. The van der Waals surface area contributed by atoms with Crippen LogP contribution < -0.4 is 10.1 Å². The molecule has 1 amide bonds. The number of halogens is 1. The minimum atomic E-state index is -0.466. The fourth-order valence-corrected chi connectivity index (χ4v) is 3.06. The zero-order chi connectivity index (χ0) is 21.5. The Hall–Kier alpha value is -3.55. The van der Waals surface area contributed by atoms with Gasteiger partial charge in [-0.3, -0.25) is 4.79 Å². The summed E-state index contributed by atoms with van der Waals surface area (Å²) in [6, 6.07) is 22.5. The molecule has 0 radical (unpaired) electrons. The Morgan fingerprint density at radius 3 is 2.60 bits per heavy atom. The summed E-state index contributed by atoms with van der Waals surface area (Å²) < 4.78 is 5.91. The summed E-state index contributed by atoms with van der Waals surface area (Å²) in [5, 5.41) is 13.0. The molecule has 4 nitrogen and oxygen atoms in total. The lowest BCUT2D eigenvalue weighted by atomic mass is 10.1. The van der Waals surface area contributed by atoms with Crippen LogP contribution in [0.4, 0.5) is 5.69 Å². The van der Waals surface area contributed by atoms with Crippen LogP contribution in [0.15, 0.2) is 72.3 Å². The van der Waals surface area contributed by atoms with E-state index in [2.05, 4.69) is 5.32 Å². The lowest BCUT2D eigenvalue weighted by molar-refractivity contribution is -0.112. The van der Waals surface area contributed by atoms with E-state index in [4.69, 9.17) is 16.3 Å². The summed E-state index contributed by atoms with van der Waals surface area (Å²) >= 11 is 6.19. The van der Waals surface area contributed by atoms with E-state index < -0.39 is 5.91 Å². The number of nitriles is 1. The number of amides is 1. The van der Waals surface area contributed by atoms with Crippen molar-refractivity contribution < 1.29 is 9.53 Å². The first-order valence-corrected chi connectivity index (χ1v) is 9.81. The van der Waals surface area contributed by atoms with E-state index in [1.54, 1.807) is 18.2 Å². The second-order valence-electron chi connectivity index (χ2n) is 6.86. The molecule has 3 aromatic rings. The second-order valence-corrected chi connectivity index (χ2v) is 7.27. The fourth-order valence-electron chi connectivity index (χ4n) is 2.87. The van der Waals surface area contributed by atoms with Gasteiger partial charge in [-0.1, -0.05) is 60.1 Å². The average molecular weight is 417 g/mol. The molecule has 0 saturated heterocycles. The first kappa shape index (κ1) is 21.2. The van der Waals surface area contributed by atoms with Gasteiger partial charge in [0.1, 0.15) is 24.0 Å². The smallest absolute Gasteiger partial charge is 0.266 e. The molecular weight excluding hydrogens is 396 g/mol. The minimum Gasteiger partial charge on any atom is -0.488 e. The van der Waals surface area contributed by atoms with Crippen molar-refractivity contribution in [3.8, 4) is 11.8 Å². The van der Waals surface area contributed by atoms with Crippen molar-refractivity contribution in [2.45, 2.75) is 20.5 Å². The van der Waals surface area contributed by atoms with Crippen LogP contribution in [0.25, 0.3) is 6.08 Å². The fraction of sp³-hybridized carbons (Fsp3) is 0.120. The first-order valence-electron chi connectivity index (χ1n) is 9.43. The Kier molecular flexibility index (Phi) is 6.90. The molecule has 0 fully saturated rings. The van der Waals surface area contributed by atoms with Crippen LogP contribution >= 0.6 is 11.6 Å². The summed E-state index contributed by atoms with van der Waals surface area (Å²) in [6.07, 6.45) is 1.53. The summed E-state index contributed by atoms with van der Waals surface area (Å²) in [7, 11) is 0. The number of nitrogens with zero attached hydrogens (tertiary/aromatic N) is 1. The molecule has 0 bridgehead atoms. The predicted octanol–water partition coefficient (Wildman–Crippen LogP) is 6.08. The van der Waals surface area contributed by atoms with Gasteiger partial charge < -0.3 is 10.1 Å². The molecule has 0 unspecified atom stereocenters. The van der Waals surface area contributed by atoms with Gasteiger partial charge in [0.25, 0.3) is 5.91 Å². The van der Waals surface area contributed by atoms with Gasteiger partial charge in [-0.05, 0) is 49.2 Å². The highest BCUT2D eigenvalue weighted by atomic mass is 35.5. The van der Waals surface area contributed by atoms with Crippen molar-refractivity contribution in [1.82, 2.24) is 0 Å². The Balaban J connectivity index is 1.82. The predicted molar refractivity (Wildman–Crippen MR) is 120 cm³/mol. The molecule has 0 heterocycles. The van der Waals surface area contributed by atoms with Crippen LogP contribution in [0.5, 0.6) is 5.75 Å². The van der Waals surface area contributed by atoms with Crippen molar-refractivity contribution in [3.05, 3.63) is 99.6 Å². The molecule has 0 spiro atoms. The van der Waals surface area contributed by atoms with Crippen LogP contribution in [-0.2, 0) is 11.4 Å². The molecule has 0 saturated carbocycles. The van der Waals surface area contributed by atoms with E-state index in [0.29, 0.717) is 22.0 Å². The maximum atomic E-state index is 12.7. The minimum absolute atomic E-state index is 0.00954. The molecule has 0 atom stereocenters. The molecule has 3 rings (SSSR count). The normalized spacial score (nSPS) is 10.9. The van der Waals surface area contributed by atoms with E-state index in [9.17, 15) is 10.1 Å². The van der Waals surface area contributed by atoms with Crippen LogP contribution in [0.2, 0.25) is 5.02 Å². The number of nitrogens with one attached hydrogen (secondary N) is 1. The van der Waals surface area contributed by atoms with E-state index in [0.717, 1.165) is 16.7 Å². The molecule has 150 valence electrons. The third-order valence-corrected chi connectivity index (χ3v) is 4.93. The van der Waals surface area contributed by atoms with Crippen molar-refractivity contribution in [2.75, 3.05) is 5.32 Å². The zero-order valence-electron chi connectivity index (χ0n) is 16.8. The lowest BCUT2D eigenvalue weighted by Crippen LogP contribution is -2.14. The maximum absolute atomic E-state index is 12.7. The van der Waals surface area contributed by atoms with Crippen LogP contribution in [0.1, 0.15) is 22.3 Å². The molecule has 5 heteroatoms. The molecular formula is C25H21ClN2O2. The standard InChI is InChI=1S/C25H21ClN2O2/c1-17-11-12-18(2)23(13-17)28-25(29)21(15-27)14-19-7-4-6-10-24(19)30-16-20-8-3-5-9-22(20)26/h3-14H,16H2,1-2H3,(H,28,29). The number of anilines is 1. The van der Waals surface area contributed by atoms with Crippen LogP contribution in [-0.4, -0.2) is 5.91 Å². The van der Waals surface area contributed by atoms with Gasteiger partial charge >= 0.3 is 0 Å². The van der Waals surface area contributed by atoms with Gasteiger partial charge in [0, 0.05) is 21.8 Å². The van der Waals surface area contributed by atoms with E-state index in [-0.39, 0.29) is 12.2 Å². The van der Waals surface area contributed by atoms with Crippen molar-refractivity contribution in [1.29, 1.82) is 5.26 Å². The monoisotopic (exact) mass is 416 g/mol. The number of hydrogen-bond donors (Lipinski definition) is 1. The zero-order valence-corrected chi connectivity index (χ0v) is 17.5. The van der Waals surface area contributed by atoms with Gasteiger partial charge in [0.05, 0.1) is 0 Å². The van der Waals surface area contributed by atoms with Gasteiger partial charge in [-0.2, -0.15) is 5.26 Å². The average Bonchev–Trinajstić information content (AvgIpc) is 2.74. The van der Waals surface area contributed by atoms with E-state index in [1.807, 2.05) is 68.4 Å². The number of ether oxygens (including phenoxy) is 1. The highest BCUT2D eigenvalue weighted by molar-refractivity contribution is 6.31. The highest BCUT2D eigenvalue weighted by Crippen LogP contribution is 2.24. The Morgan fingerprint density at radius 1 is 1.10 bits per heavy atom. The molecule has 0 aliphatic carbocycles. The van der Waals surface area contributed by atoms with Gasteiger partial charge in [-0.15, -0.1) is 0 Å². The number of rotatable bonds is 6. The Labute approximate surface area is 181 Å². The van der Waals surface area contributed by atoms with Crippen LogP contribution in [0.3, 0.4) is 0 Å². The topological polar surface area (TPSA) is 62.1 Å². The summed E-state index contributed by atoms with van der Waals surface area (Å²) in [5.41, 5.74) is 4.11.